The second kappa shape index (κ2) is 8.87. The zero-order valence-corrected chi connectivity index (χ0v) is 12.9. The van der Waals surface area contributed by atoms with Crippen molar-refractivity contribution in [3.8, 4) is 11.5 Å². The molecule has 1 N–H and O–H groups in total. The number of aromatic hydroxyl groups is 1. The van der Waals surface area contributed by atoms with Gasteiger partial charge in [0.15, 0.2) is 0 Å². The van der Waals surface area contributed by atoms with Crippen molar-refractivity contribution in [3.05, 3.63) is 65.7 Å². The number of para-hydroxylation sites is 1. The van der Waals surface area contributed by atoms with Crippen molar-refractivity contribution < 1.29 is 19.4 Å². The van der Waals surface area contributed by atoms with Gasteiger partial charge in [-0.05, 0) is 35.9 Å². The van der Waals surface area contributed by atoms with Crippen molar-refractivity contribution in [1.29, 1.82) is 0 Å². The van der Waals surface area contributed by atoms with Crippen molar-refractivity contribution in [2.45, 2.75) is 6.61 Å². The normalized spacial score (nSPS) is 10.2. The van der Waals surface area contributed by atoms with Crippen LogP contribution in [-0.2, 0) is 16.1 Å². The van der Waals surface area contributed by atoms with Crippen LogP contribution in [0.25, 0.3) is 6.08 Å². The van der Waals surface area contributed by atoms with Crippen LogP contribution in [0.4, 0.5) is 0 Å². The Morgan fingerprint density at radius 2 is 1.91 bits per heavy atom. The predicted octanol–water partition coefficient (Wildman–Crippen LogP) is 3.58. The number of phenols is 1. The molecule has 0 aliphatic rings. The van der Waals surface area contributed by atoms with Crippen LogP contribution in [0.3, 0.4) is 0 Å². The highest BCUT2D eigenvalue weighted by Gasteiger charge is 2.03. The Balaban J connectivity index is 0.00000242. The van der Waals surface area contributed by atoms with Crippen molar-refractivity contribution in [3.63, 3.8) is 0 Å². The fourth-order valence-electron chi connectivity index (χ4n) is 1.79. The molecule has 116 valence electrons. The van der Waals surface area contributed by atoms with E-state index in [0.717, 1.165) is 5.56 Å². The lowest BCUT2D eigenvalue weighted by Crippen LogP contribution is -2.03. The summed E-state index contributed by atoms with van der Waals surface area (Å²) >= 11 is 0. The minimum atomic E-state index is -0.502. The number of methoxy groups -OCH3 is 1. The third-order valence-corrected chi connectivity index (χ3v) is 2.76. The zero-order chi connectivity index (χ0) is 15.1. The molecule has 0 saturated carbocycles. The number of ether oxygens (including phenoxy) is 2. The SMILES string of the molecule is COCc1ccc(O)c(/C=C/C(=O)Oc2ccccc2)c1.Cl. The van der Waals surface area contributed by atoms with Crippen LogP contribution in [0.1, 0.15) is 11.1 Å². The highest BCUT2D eigenvalue weighted by atomic mass is 35.5. The van der Waals surface area contributed by atoms with Gasteiger partial charge in [-0.25, -0.2) is 4.79 Å². The maximum Gasteiger partial charge on any atom is 0.336 e. The molecule has 0 aliphatic heterocycles. The number of carbonyl (C=O) groups excluding carboxylic acids is 1. The zero-order valence-electron chi connectivity index (χ0n) is 12.1. The predicted molar refractivity (Wildman–Crippen MR) is 87.2 cm³/mol. The molecule has 0 unspecified atom stereocenters. The summed E-state index contributed by atoms with van der Waals surface area (Å²) in [7, 11) is 1.60. The van der Waals surface area contributed by atoms with Gasteiger partial charge >= 0.3 is 5.97 Å². The van der Waals surface area contributed by atoms with Gasteiger partial charge in [0.1, 0.15) is 11.5 Å². The molecule has 0 fully saturated rings. The maximum atomic E-state index is 11.7. The number of esters is 1. The molecule has 0 bridgehead atoms. The molecule has 22 heavy (non-hydrogen) atoms. The van der Waals surface area contributed by atoms with E-state index in [-0.39, 0.29) is 18.2 Å². The topological polar surface area (TPSA) is 55.8 Å². The van der Waals surface area contributed by atoms with E-state index in [2.05, 4.69) is 0 Å². The van der Waals surface area contributed by atoms with Crippen LogP contribution in [0.2, 0.25) is 0 Å². The van der Waals surface area contributed by atoms with Crippen LogP contribution in [0.5, 0.6) is 11.5 Å². The number of rotatable bonds is 5. The molecule has 0 amide bonds. The van der Waals surface area contributed by atoms with Gasteiger partial charge in [-0.3, -0.25) is 0 Å². The number of phenolic OH excluding ortho intramolecular Hbond substituents is 1. The molecule has 0 heterocycles. The van der Waals surface area contributed by atoms with Gasteiger partial charge in [-0.1, -0.05) is 24.3 Å². The van der Waals surface area contributed by atoms with Gasteiger partial charge in [0.05, 0.1) is 6.61 Å². The first-order chi connectivity index (χ1) is 10.2. The highest BCUT2D eigenvalue weighted by Crippen LogP contribution is 2.20. The summed E-state index contributed by atoms with van der Waals surface area (Å²) in [5.41, 5.74) is 1.45. The van der Waals surface area contributed by atoms with Gasteiger partial charge in [0.25, 0.3) is 0 Å². The maximum absolute atomic E-state index is 11.7. The Labute approximate surface area is 135 Å². The Kier molecular flexibility index (Phi) is 7.16. The number of hydrogen-bond donors (Lipinski definition) is 1. The van der Waals surface area contributed by atoms with E-state index >= 15 is 0 Å². The second-order valence-electron chi connectivity index (χ2n) is 4.39. The third-order valence-electron chi connectivity index (χ3n) is 2.76. The van der Waals surface area contributed by atoms with E-state index in [1.807, 2.05) is 6.07 Å². The van der Waals surface area contributed by atoms with Crippen molar-refractivity contribution in [2.24, 2.45) is 0 Å². The lowest BCUT2D eigenvalue weighted by molar-refractivity contribution is -0.128. The summed E-state index contributed by atoms with van der Waals surface area (Å²) < 4.78 is 10.2. The molecule has 2 aromatic rings. The Hall–Kier alpha value is -2.30. The van der Waals surface area contributed by atoms with Crippen molar-refractivity contribution in [1.82, 2.24) is 0 Å². The molecule has 0 atom stereocenters. The Morgan fingerprint density at radius 3 is 2.59 bits per heavy atom. The first-order valence-corrected chi connectivity index (χ1v) is 6.45. The third kappa shape index (κ3) is 5.24. The summed E-state index contributed by atoms with van der Waals surface area (Å²) in [5.74, 6) is 0.0702. The minimum absolute atomic E-state index is 0. The lowest BCUT2D eigenvalue weighted by atomic mass is 10.1. The van der Waals surface area contributed by atoms with E-state index in [1.54, 1.807) is 49.6 Å². The fourth-order valence-corrected chi connectivity index (χ4v) is 1.79. The molecular weight excluding hydrogens is 304 g/mol. The smallest absolute Gasteiger partial charge is 0.336 e. The summed E-state index contributed by atoms with van der Waals surface area (Å²) in [5, 5.41) is 9.76. The number of benzene rings is 2. The van der Waals surface area contributed by atoms with Crippen molar-refractivity contribution in [2.75, 3.05) is 7.11 Å². The van der Waals surface area contributed by atoms with Crippen LogP contribution >= 0.6 is 12.4 Å². The molecule has 2 rings (SSSR count). The van der Waals surface area contributed by atoms with Gasteiger partial charge in [-0.2, -0.15) is 0 Å². The van der Waals surface area contributed by atoms with Gasteiger partial charge in [-0.15, -0.1) is 12.4 Å². The van der Waals surface area contributed by atoms with Crippen LogP contribution in [-0.4, -0.2) is 18.2 Å². The first-order valence-electron chi connectivity index (χ1n) is 6.45. The van der Waals surface area contributed by atoms with Gasteiger partial charge in [0.2, 0.25) is 0 Å². The lowest BCUT2D eigenvalue weighted by Gasteiger charge is -2.04. The number of carbonyl (C=O) groups is 1. The molecule has 0 spiro atoms. The summed E-state index contributed by atoms with van der Waals surface area (Å²) in [6.45, 7) is 0.440. The van der Waals surface area contributed by atoms with E-state index in [4.69, 9.17) is 9.47 Å². The quantitative estimate of drug-likeness (QED) is 0.520. The van der Waals surface area contributed by atoms with Crippen LogP contribution in [0, 0.1) is 0 Å². The van der Waals surface area contributed by atoms with E-state index in [1.165, 1.54) is 12.2 Å². The standard InChI is InChI=1S/C17H16O4.ClH/c1-20-12-13-7-9-16(18)14(11-13)8-10-17(19)21-15-5-3-2-4-6-15;/h2-11,18H,12H2,1H3;1H/b10-8+;. The monoisotopic (exact) mass is 320 g/mol. The van der Waals surface area contributed by atoms with Crippen molar-refractivity contribution >= 4 is 24.5 Å². The van der Waals surface area contributed by atoms with E-state index in [0.29, 0.717) is 17.9 Å². The molecule has 5 heteroatoms. The second-order valence-corrected chi connectivity index (χ2v) is 4.39. The molecule has 2 aromatic carbocycles. The number of halogens is 1. The average molecular weight is 321 g/mol. The largest absolute Gasteiger partial charge is 0.507 e. The Morgan fingerprint density at radius 1 is 1.18 bits per heavy atom. The molecular formula is C17H17ClO4. The summed E-state index contributed by atoms with van der Waals surface area (Å²) in [6, 6.07) is 13.9. The summed E-state index contributed by atoms with van der Waals surface area (Å²) in [6.07, 6.45) is 2.79. The molecule has 0 radical (unpaired) electrons. The Bertz CT molecular complexity index is 638. The van der Waals surface area contributed by atoms with Gasteiger partial charge in [0, 0.05) is 18.7 Å². The molecule has 0 aliphatic carbocycles. The van der Waals surface area contributed by atoms with Crippen LogP contribution in [0.15, 0.2) is 54.6 Å². The molecule has 0 aromatic heterocycles. The highest BCUT2D eigenvalue weighted by molar-refractivity contribution is 5.89. The van der Waals surface area contributed by atoms with Gasteiger partial charge < -0.3 is 14.6 Å². The first kappa shape index (κ1) is 17.8. The van der Waals surface area contributed by atoms with E-state index < -0.39 is 5.97 Å². The fraction of sp³-hybridized carbons (Fsp3) is 0.118. The number of hydrogen-bond acceptors (Lipinski definition) is 4. The average Bonchev–Trinajstić information content (AvgIpc) is 2.49. The minimum Gasteiger partial charge on any atom is -0.507 e. The molecule has 0 saturated heterocycles. The van der Waals surface area contributed by atoms with E-state index in [9.17, 15) is 9.90 Å². The molecule has 4 nitrogen and oxygen atoms in total. The summed E-state index contributed by atoms with van der Waals surface area (Å²) in [4.78, 5) is 11.7. The van der Waals surface area contributed by atoms with Crippen LogP contribution < -0.4 is 4.74 Å².